The molecule has 0 bridgehead atoms. The van der Waals surface area contributed by atoms with Gasteiger partial charge in [0.05, 0.1) is 0 Å². The number of halogens is 6. The Hall–Kier alpha value is -1.15. The topological polar surface area (TPSA) is 0 Å². The third-order valence-corrected chi connectivity index (χ3v) is 18.3. The molecule has 2 fully saturated rings. The van der Waals surface area contributed by atoms with Crippen molar-refractivity contribution < 1.29 is 49.0 Å². The third-order valence-electron chi connectivity index (χ3n) is 15.8. The monoisotopic (exact) mass is 940 g/mol. The predicted molar refractivity (Wildman–Crippen MR) is 231 cm³/mol. The number of rotatable bonds is 2. The zero-order chi connectivity index (χ0) is 39.7. The summed E-state index contributed by atoms with van der Waals surface area (Å²) in [5.41, 5.74) is 5.84. The van der Waals surface area contributed by atoms with Crippen molar-refractivity contribution in [2.75, 3.05) is 0 Å². The van der Waals surface area contributed by atoms with Gasteiger partial charge in [-0.25, -0.2) is 12.2 Å². The van der Waals surface area contributed by atoms with E-state index >= 15 is 0 Å². The molecule has 7 heteroatoms. The molecular formula is C49H52Cl6Zr-2. The molecule has 8 atom stereocenters. The van der Waals surface area contributed by atoms with E-state index in [0.717, 1.165) is 31.9 Å². The molecule has 0 N–H and O–H groups in total. The van der Waals surface area contributed by atoms with Gasteiger partial charge < -0.3 is 31.2 Å². The van der Waals surface area contributed by atoms with Crippen LogP contribution in [-0.2, 0) is 24.2 Å². The van der Waals surface area contributed by atoms with E-state index in [4.69, 9.17) is 46.4 Å². The molecule has 2 aromatic rings. The summed E-state index contributed by atoms with van der Waals surface area (Å²) >= 11 is 25.9. The minimum atomic E-state index is 0. The number of allylic oxidation sites excluding steroid dienone is 16. The second-order valence-electron chi connectivity index (χ2n) is 17.2. The molecule has 296 valence electrons. The molecule has 6 aliphatic rings. The van der Waals surface area contributed by atoms with Gasteiger partial charge in [0.1, 0.15) is 0 Å². The first kappa shape index (κ1) is 47.5. The molecule has 8 rings (SSSR count). The summed E-state index contributed by atoms with van der Waals surface area (Å²) < 4.78 is 1.14. The van der Waals surface area contributed by atoms with E-state index in [2.05, 4.69) is 141 Å². The van der Waals surface area contributed by atoms with E-state index in [0.29, 0.717) is 26.0 Å². The Morgan fingerprint density at radius 1 is 0.661 bits per heavy atom. The summed E-state index contributed by atoms with van der Waals surface area (Å²) in [6, 6.07) is 7.37. The van der Waals surface area contributed by atoms with Crippen molar-refractivity contribution in [2.24, 2.45) is 43.8 Å². The largest absolute Gasteiger partial charge is 1.00 e. The van der Waals surface area contributed by atoms with Gasteiger partial charge in [0.25, 0.3) is 0 Å². The van der Waals surface area contributed by atoms with Crippen molar-refractivity contribution in [2.45, 2.75) is 75.7 Å². The quantitative estimate of drug-likeness (QED) is 0.264. The Morgan fingerprint density at radius 2 is 1.12 bits per heavy atom. The van der Waals surface area contributed by atoms with Crippen LogP contribution in [0.5, 0.6) is 0 Å². The number of fused-ring (bicyclic) bond motifs is 8. The molecule has 0 nitrogen and oxygen atoms in total. The van der Waals surface area contributed by atoms with Crippen molar-refractivity contribution in [3.63, 3.8) is 0 Å². The molecule has 0 radical (unpaired) electrons. The van der Waals surface area contributed by atoms with Crippen LogP contribution in [0, 0.1) is 70.2 Å². The second-order valence-corrected chi connectivity index (χ2v) is 20.1. The smallest absolute Gasteiger partial charge is 0.109 e. The van der Waals surface area contributed by atoms with Gasteiger partial charge in [-0.3, -0.25) is 6.08 Å². The maximum atomic E-state index is 6.21. The van der Waals surface area contributed by atoms with Crippen molar-refractivity contribution in [1.82, 2.24) is 0 Å². The first-order valence-electron chi connectivity index (χ1n) is 18.9. The predicted octanol–water partition coefficient (Wildman–Crippen LogP) is 8.99. The zero-order valence-corrected chi connectivity index (χ0v) is 41.0. The van der Waals surface area contributed by atoms with Gasteiger partial charge >= 0.3 is 154 Å². The Morgan fingerprint density at radius 3 is 1.57 bits per heavy atom. The van der Waals surface area contributed by atoms with E-state index in [9.17, 15) is 0 Å². The molecule has 0 spiro atoms. The van der Waals surface area contributed by atoms with Crippen LogP contribution in [0.4, 0.5) is 0 Å². The molecule has 0 aromatic heterocycles. The van der Waals surface area contributed by atoms with Crippen molar-refractivity contribution in [3.05, 3.63) is 170 Å². The van der Waals surface area contributed by atoms with Crippen LogP contribution in [0.2, 0.25) is 20.1 Å². The Labute approximate surface area is 384 Å². The van der Waals surface area contributed by atoms with Crippen LogP contribution in [0.3, 0.4) is 0 Å². The standard InChI is InChI=1S/C29H37.C15H10Cl4.C5H5.2ClH.Zr/c1-21-14-13-15-22-20-27(6)25(4)18-10-9-16-23(25,2)24(3)17-11-12-19-26(24,5)29(27,8)28(21,22)7;1-8-10(4-12(16)6-14(8)18)3-11-5-13(17)7-15(19)9(11)2;1-2-4-5-3-1;;;/h9-20,22H,1-8H3;4-7H,1-2H3;1-3H,4H2;2*1H;/q-1;;-1;;;+2/p-2. The molecular weight excluding hydrogens is 892 g/mol. The van der Waals surface area contributed by atoms with E-state index in [-0.39, 0.29) is 62.7 Å². The summed E-state index contributed by atoms with van der Waals surface area (Å²) in [4.78, 5) is 0. The van der Waals surface area contributed by atoms with Gasteiger partial charge in [-0.2, -0.15) is 6.08 Å². The first-order valence-corrected chi connectivity index (χ1v) is 21.6. The summed E-state index contributed by atoms with van der Waals surface area (Å²) in [6.07, 6.45) is 39.3. The Kier molecular flexibility index (Phi) is 14.2. The maximum Gasteiger partial charge on any atom is -0.109 e. The minimum Gasteiger partial charge on any atom is -1.00 e. The molecule has 6 aliphatic carbocycles. The van der Waals surface area contributed by atoms with Crippen molar-refractivity contribution in [3.8, 4) is 0 Å². The van der Waals surface area contributed by atoms with Gasteiger partial charge in [0, 0.05) is 10.8 Å². The van der Waals surface area contributed by atoms with Gasteiger partial charge in [-0.15, -0.1) is 23.8 Å². The van der Waals surface area contributed by atoms with Crippen LogP contribution in [0.1, 0.15) is 84.1 Å². The second kappa shape index (κ2) is 16.7. The first-order chi connectivity index (χ1) is 25.2. The van der Waals surface area contributed by atoms with Gasteiger partial charge in [-0.05, 0) is 28.6 Å². The summed E-state index contributed by atoms with van der Waals surface area (Å²) in [7, 11) is 0. The number of hydrogen-bond donors (Lipinski definition) is 0. The Bertz CT molecular complexity index is 2080. The summed E-state index contributed by atoms with van der Waals surface area (Å²) in [6.45, 7) is 24.3. The average Bonchev–Trinajstić information content (AvgIpc) is 3.77. The molecule has 2 aromatic carbocycles. The fraction of sp³-hybridized carbons (Fsp3) is 0.388. The van der Waals surface area contributed by atoms with Gasteiger partial charge in [0.2, 0.25) is 0 Å². The van der Waals surface area contributed by atoms with E-state index in [1.165, 1.54) is 29.8 Å². The van der Waals surface area contributed by atoms with Crippen LogP contribution in [-0.4, -0.2) is 3.21 Å². The van der Waals surface area contributed by atoms with Crippen LogP contribution < -0.4 is 24.8 Å². The van der Waals surface area contributed by atoms with Crippen LogP contribution >= 0.6 is 46.4 Å². The SMILES string of the molecule is CC1=CC=CC2[CH-]C3(C)C4(C)C=CC=CC4(C)C4(C)C=CC=CC4(C)C3(C)C12C.Cc1c(Cl)cc(Cl)cc1[C](=[Zr+2])c1cc(Cl)cc(Cl)c1C.[C-]1=CC=CC1.[Cl-].[Cl-]. The van der Waals surface area contributed by atoms with Crippen molar-refractivity contribution >= 4 is 49.6 Å². The summed E-state index contributed by atoms with van der Waals surface area (Å²) in [5, 5.41) is 2.58. The minimum absolute atomic E-state index is 0. The molecule has 0 aliphatic heterocycles. The molecule has 8 unspecified atom stereocenters. The zero-order valence-electron chi connectivity index (χ0n) is 34.0. The molecule has 56 heavy (non-hydrogen) atoms. The van der Waals surface area contributed by atoms with Crippen LogP contribution in [0.15, 0.2) is 115 Å². The van der Waals surface area contributed by atoms with Gasteiger partial charge in [0.15, 0.2) is 0 Å². The normalized spacial score (nSPS) is 36.0. The van der Waals surface area contributed by atoms with Crippen LogP contribution in [0.25, 0.3) is 0 Å². The average molecular weight is 945 g/mol. The van der Waals surface area contributed by atoms with E-state index < -0.39 is 0 Å². The van der Waals surface area contributed by atoms with E-state index in [1.54, 1.807) is 12.1 Å². The fourth-order valence-electron chi connectivity index (χ4n) is 11.5. The Balaban J connectivity index is 0.000000225. The van der Waals surface area contributed by atoms with Crippen molar-refractivity contribution in [1.29, 1.82) is 0 Å². The molecule has 2 saturated carbocycles. The van der Waals surface area contributed by atoms with Gasteiger partial charge in [-0.1, -0.05) is 115 Å². The number of benzene rings is 2. The maximum absolute atomic E-state index is 6.21. The molecule has 0 saturated heterocycles. The molecule has 0 heterocycles. The van der Waals surface area contributed by atoms with E-state index in [1.807, 2.05) is 38.1 Å². The molecule has 0 amide bonds. The number of hydrogen-bond acceptors (Lipinski definition) is 0. The summed E-state index contributed by atoms with van der Waals surface area (Å²) in [5.74, 6) is 0.460. The fourth-order valence-corrected chi connectivity index (χ4v) is 13.8. The third kappa shape index (κ3) is 6.50.